The Morgan fingerprint density at radius 3 is 2.74 bits per heavy atom. The molecule has 27 heavy (non-hydrogen) atoms. The predicted octanol–water partition coefficient (Wildman–Crippen LogP) is 4.55. The maximum atomic E-state index is 4.79. The Morgan fingerprint density at radius 1 is 1.22 bits per heavy atom. The molecule has 6 heteroatoms. The van der Waals surface area contributed by atoms with Crippen LogP contribution in [0.2, 0.25) is 0 Å². The zero-order valence-corrected chi connectivity index (χ0v) is 19.4. The molecule has 2 aromatic rings. The first-order valence-corrected chi connectivity index (χ1v) is 10.5. The van der Waals surface area contributed by atoms with Crippen LogP contribution in [-0.4, -0.2) is 38.7 Å². The normalized spacial score (nSPS) is 18.1. The summed E-state index contributed by atoms with van der Waals surface area (Å²) in [5.74, 6) is 2.06. The van der Waals surface area contributed by atoms with E-state index in [1.807, 2.05) is 11.3 Å². The van der Waals surface area contributed by atoms with E-state index in [0.29, 0.717) is 11.8 Å². The number of rotatable bonds is 7. The van der Waals surface area contributed by atoms with Gasteiger partial charge in [-0.05, 0) is 42.8 Å². The monoisotopic (exact) mass is 498 g/mol. The maximum Gasteiger partial charge on any atom is 0.191 e. The number of aliphatic imine (C=N–C) groups is 1. The molecular formula is C21H31IN4S. The van der Waals surface area contributed by atoms with Gasteiger partial charge in [0.15, 0.2) is 5.96 Å². The summed E-state index contributed by atoms with van der Waals surface area (Å²) in [5.41, 5.74) is 1.33. The van der Waals surface area contributed by atoms with E-state index in [1.165, 1.54) is 17.0 Å². The van der Waals surface area contributed by atoms with Crippen molar-refractivity contribution in [3.05, 3.63) is 52.7 Å². The van der Waals surface area contributed by atoms with E-state index in [-0.39, 0.29) is 24.0 Å². The van der Waals surface area contributed by atoms with Gasteiger partial charge in [0.1, 0.15) is 0 Å². The third kappa shape index (κ3) is 6.68. The summed E-state index contributed by atoms with van der Waals surface area (Å²) >= 11 is 1.81. The summed E-state index contributed by atoms with van der Waals surface area (Å²) in [6, 6.07) is 15.0. The van der Waals surface area contributed by atoms with Crippen LogP contribution in [-0.2, 0) is 0 Å². The van der Waals surface area contributed by atoms with Crippen LogP contribution in [0.3, 0.4) is 0 Å². The average molecular weight is 498 g/mol. The van der Waals surface area contributed by atoms with Gasteiger partial charge < -0.3 is 15.5 Å². The Kier molecular flexibility index (Phi) is 9.41. The second kappa shape index (κ2) is 11.5. The lowest BCUT2D eigenvalue weighted by Crippen LogP contribution is -2.40. The van der Waals surface area contributed by atoms with Crippen LogP contribution >= 0.6 is 35.3 Å². The van der Waals surface area contributed by atoms with Crippen LogP contribution in [0, 0.1) is 5.92 Å². The molecule has 0 saturated carbocycles. The Bertz CT molecular complexity index is 675. The smallest absolute Gasteiger partial charge is 0.191 e. The first-order chi connectivity index (χ1) is 12.8. The number of anilines is 1. The van der Waals surface area contributed by atoms with Crippen LogP contribution in [0.1, 0.15) is 31.1 Å². The van der Waals surface area contributed by atoms with Gasteiger partial charge in [-0.1, -0.05) is 31.2 Å². The highest BCUT2D eigenvalue weighted by Gasteiger charge is 2.22. The number of halogens is 1. The first-order valence-electron chi connectivity index (χ1n) is 9.61. The number of guanidine groups is 1. The minimum Gasteiger partial charge on any atom is -0.371 e. The molecule has 0 bridgehead atoms. The molecular weight excluding hydrogens is 467 g/mol. The van der Waals surface area contributed by atoms with Gasteiger partial charge in [-0.2, -0.15) is 0 Å². The molecule has 0 radical (unpaired) electrons. The minimum absolute atomic E-state index is 0. The molecule has 2 heterocycles. The average Bonchev–Trinajstić information content (AvgIpc) is 3.36. The molecule has 0 amide bonds. The molecule has 4 nitrogen and oxygen atoms in total. The van der Waals surface area contributed by atoms with Crippen molar-refractivity contribution in [3.8, 4) is 0 Å². The van der Waals surface area contributed by atoms with Gasteiger partial charge in [-0.25, -0.2) is 0 Å². The standard InChI is InChI=1S/C21H30N4S.HI/c1-3-22-21(23-14-17(2)20-10-7-13-26-20)24-15-18-11-12-25(16-18)19-8-5-4-6-9-19;/h4-10,13,17-18H,3,11-12,14-16H2,1-2H3,(H2,22,23,24);1H. The fourth-order valence-corrected chi connectivity index (χ4v) is 4.12. The molecule has 0 spiro atoms. The second-order valence-electron chi connectivity index (χ2n) is 6.95. The van der Waals surface area contributed by atoms with Crippen molar-refractivity contribution in [2.75, 3.05) is 37.6 Å². The summed E-state index contributed by atoms with van der Waals surface area (Å²) in [4.78, 5) is 8.68. The lowest BCUT2D eigenvalue weighted by atomic mass is 10.1. The highest BCUT2D eigenvalue weighted by atomic mass is 127. The third-order valence-corrected chi connectivity index (χ3v) is 5.97. The molecule has 2 N–H and O–H groups in total. The number of hydrogen-bond acceptors (Lipinski definition) is 3. The van der Waals surface area contributed by atoms with E-state index < -0.39 is 0 Å². The van der Waals surface area contributed by atoms with Crippen LogP contribution in [0.25, 0.3) is 0 Å². The van der Waals surface area contributed by atoms with Gasteiger partial charge in [0.2, 0.25) is 0 Å². The molecule has 148 valence electrons. The van der Waals surface area contributed by atoms with Crippen molar-refractivity contribution in [3.63, 3.8) is 0 Å². The molecule has 1 aromatic carbocycles. The van der Waals surface area contributed by atoms with Crippen molar-refractivity contribution in [1.82, 2.24) is 10.6 Å². The fourth-order valence-electron chi connectivity index (χ4n) is 3.35. The number of thiophene rings is 1. The molecule has 1 fully saturated rings. The summed E-state index contributed by atoms with van der Waals surface area (Å²) in [6.45, 7) is 9.29. The number of para-hydroxylation sites is 1. The zero-order chi connectivity index (χ0) is 18.2. The Balaban J connectivity index is 0.00000261. The van der Waals surface area contributed by atoms with E-state index in [0.717, 1.165) is 38.7 Å². The Hall–Kier alpha value is -1.28. The quantitative estimate of drug-likeness (QED) is 0.334. The van der Waals surface area contributed by atoms with Gasteiger partial charge in [-0.15, -0.1) is 35.3 Å². The number of nitrogens with one attached hydrogen (secondary N) is 2. The lowest BCUT2D eigenvalue weighted by molar-refractivity contribution is 0.565. The molecule has 3 rings (SSSR count). The van der Waals surface area contributed by atoms with Gasteiger partial charge in [0.05, 0.1) is 6.54 Å². The molecule has 0 aliphatic carbocycles. The molecule has 1 saturated heterocycles. The van der Waals surface area contributed by atoms with Crippen LogP contribution in [0.15, 0.2) is 52.8 Å². The lowest BCUT2D eigenvalue weighted by Gasteiger charge is -2.19. The van der Waals surface area contributed by atoms with Crippen molar-refractivity contribution in [2.45, 2.75) is 26.2 Å². The van der Waals surface area contributed by atoms with Crippen LogP contribution in [0.5, 0.6) is 0 Å². The highest BCUT2D eigenvalue weighted by Crippen LogP contribution is 2.23. The summed E-state index contributed by atoms with van der Waals surface area (Å²) < 4.78 is 0. The van der Waals surface area contributed by atoms with E-state index in [1.54, 1.807) is 0 Å². The summed E-state index contributed by atoms with van der Waals surface area (Å²) in [6.07, 6.45) is 1.23. The Labute approximate surface area is 184 Å². The van der Waals surface area contributed by atoms with Crippen molar-refractivity contribution < 1.29 is 0 Å². The summed E-state index contributed by atoms with van der Waals surface area (Å²) in [7, 11) is 0. The van der Waals surface area contributed by atoms with Crippen LogP contribution < -0.4 is 15.5 Å². The third-order valence-electron chi connectivity index (χ3n) is 4.86. The van der Waals surface area contributed by atoms with Crippen molar-refractivity contribution >= 4 is 47.0 Å². The van der Waals surface area contributed by atoms with E-state index in [9.17, 15) is 0 Å². The van der Waals surface area contributed by atoms with Gasteiger partial charge in [-0.3, -0.25) is 4.99 Å². The second-order valence-corrected chi connectivity index (χ2v) is 7.93. The van der Waals surface area contributed by atoms with Crippen LogP contribution in [0.4, 0.5) is 5.69 Å². The Morgan fingerprint density at radius 2 is 2.04 bits per heavy atom. The van der Waals surface area contributed by atoms with Crippen molar-refractivity contribution in [1.29, 1.82) is 0 Å². The SMILES string of the molecule is CCNC(=NCC(C)c1cccs1)NCC1CCN(c2ccccc2)C1.I. The van der Waals surface area contributed by atoms with E-state index in [2.05, 4.69) is 77.2 Å². The van der Waals surface area contributed by atoms with Gasteiger partial charge >= 0.3 is 0 Å². The molecule has 1 aromatic heterocycles. The van der Waals surface area contributed by atoms with Crippen molar-refractivity contribution in [2.24, 2.45) is 10.9 Å². The number of hydrogen-bond donors (Lipinski definition) is 2. The maximum absolute atomic E-state index is 4.79. The first kappa shape index (κ1) is 22.0. The zero-order valence-electron chi connectivity index (χ0n) is 16.2. The fraction of sp³-hybridized carbons (Fsp3) is 0.476. The molecule has 1 aliphatic rings. The van der Waals surface area contributed by atoms with Gasteiger partial charge in [0.25, 0.3) is 0 Å². The number of nitrogens with zero attached hydrogens (tertiary/aromatic N) is 2. The molecule has 2 unspecified atom stereocenters. The summed E-state index contributed by atoms with van der Waals surface area (Å²) in [5, 5.41) is 9.07. The largest absolute Gasteiger partial charge is 0.371 e. The minimum atomic E-state index is 0. The topological polar surface area (TPSA) is 39.7 Å². The molecule has 1 aliphatic heterocycles. The van der Waals surface area contributed by atoms with E-state index in [4.69, 9.17) is 4.99 Å². The predicted molar refractivity (Wildman–Crippen MR) is 129 cm³/mol. The number of benzene rings is 1. The molecule has 2 atom stereocenters. The van der Waals surface area contributed by atoms with E-state index >= 15 is 0 Å². The highest BCUT2D eigenvalue weighted by molar-refractivity contribution is 14.0. The van der Waals surface area contributed by atoms with Gasteiger partial charge in [0, 0.05) is 42.7 Å².